The molecule has 30 heavy (non-hydrogen) atoms. The van der Waals surface area contributed by atoms with Crippen molar-refractivity contribution in [3.63, 3.8) is 0 Å². The van der Waals surface area contributed by atoms with E-state index in [-0.39, 0.29) is 24.4 Å². The number of rotatable bonds is 6. The third kappa shape index (κ3) is 5.37. The van der Waals surface area contributed by atoms with Crippen molar-refractivity contribution in [2.45, 2.75) is 31.8 Å². The normalized spacial score (nSPS) is 15.1. The summed E-state index contributed by atoms with van der Waals surface area (Å²) in [6.45, 7) is 3.88. The van der Waals surface area contributed by atoms with Gasteiger partial charge in [0.05, 0.1) is 18.3 Å². The Hall–Kier alpha value is -2.90. The van der Waals surface area contributed by atoms with Crippen molar-refractivity contribution >= 4 is 18.3 Å². The Morgan fingerprint density at radius 2 is 1.77 bits per heavy atom. The van der Waals surface area contributed by atoms with Crippen LogP contribution in [-0.4, -0.2) is 34.0 Å². The summed E-state index contributed by atoms with van der Waals surface area (Å²) in [5, 5.41) is 14.5. The zero-order valence-electron chi connectivity index (χ0n) is 16.8. The second-order valence-electron chi connectivity index (χ2n) is 7.24. The molecular weight excluding hydrogens is 402 g/mol. The number of hydrogen-bond donors (Lipinski definition) is 2. The summed E-state index contributed by atoms with van der Waals surface area (Å²) < 4.78 is 7.63. The summed E-state index contributed by atoms with van der Waals surface area (Å²) in [7, 11) is 0. The third-order valence-electron chi connectivity index (χ3n) is 5.13. The number of hydrogen-bond acceptors (Lipinski definition) is 5. The van der Waals surface area contributed by atoms with Crippen LogP contribution in [-0.2, 0) is 0 Å². The van der Waals surface area contributed by atoms with Gasteiger partial charge in [-0.2, -0.15) is 0 Å². The van der Waals surface area contributed by atoms with Crippen LogP contribution in [0.4, 0.5) is 0 Å². The van der Waals surface area contributed by atoms with Gasteiger partial charge in [-0.15, -0.1) is 17.5 Å². The van der Waals surface area contributed by atoms with Crippen LogP contribution in [0.1, 0.15) is 47.9 Å². The highest BCUT2D eigenvalue weighted by Gasteiger charge is 2.20. The summed E-state index contributed by atoms with van der Waals surface area (Å²) in [6.07, 6.45) is 3.74. The van der Waals surface area contributed by atoms with Gasteiger partial charge in [-0.3, -0.25) is 4.79 Å². The third-order valence-corrected chi connectivity index (χ3v) is 5.13. The summed E-state index contributed by atoms with van der Waals surface area (Å²) in [4.78, 5) is 12.6. The fraction of sp³-hybridized carbons (Fsp3) is 0.318. The van der Waals surface area contributed by atoms with Crippen LogP contribution in [0.2, 0.25) is 0 Å². The minimum absolute atomic E-state index is 0. The number of benzene rings is 2. The van der Waals surface area contributed by atoms with Gasteiger partial charge in [0.1, 0.15) is 11.5 Å². The zero-order valence-corrected chi connectivity index (χ0v) is 17.6. The molecule has 7 nitrogen and oxygen atoms in total. The number of amides is 1. The van der Waals surface area contributed by atoms with E-state index in [0.717, 1.165) is 43.0 Å². The Bertz CT molecular complexity index is 940. The number of nitrogens with one attached hydrogen (secondary N) is 2. The number of para-hydroxylation sites is 1. The molecule has 1 fully saturated rings. The van der Waals surface area contributed by atoms with Crippen molar-refractivity contribution in [2.24, 2.45) is 0 Å². The van der Waals surface area contributed by atoms with Crippen LogP contribution in [0.25, 0.3) is 0 Å². The molecule has 1 atom stereocenters. The molecule has 1 aromatic heterocycles. The van der Waals surface area contributed by atoms with Gasteiger partial charge < -0.3 is 15.4 Å². The number of carbonyl (C=O) groups is 1. The topological polar surface area (TPSA) is 81.1 Å². The van der Waals surface area contributed by atoms with Crippen LogP contribution < -0.4 is 15.4 Å². The minimum Gasteiger partial charge on any atom is -0.457 e. The Balaban J connectivity index is 0.00000256. The largest absolute Gasteiger partial charge is 0.457 e. The molecule has 1 unspecified atom stereocenters. The molecule has 2 heterocycles. The number of ether oxygens (including phenoxy) is 1. The van der Waals surface area contributed by atoms with Crippen molar-refractivity contribution < 1.29 is 9.53 Å². The maximum Gasteiger partial charge on any atom is 0.273 e. The molecule has 1 saturated heterocycles. The monoisotopic (exact) mass is 427 g/mol. The lowest BCUT2D eigenvalue weighted by molar-refractivity contribution is 0.0934. The molecule has 3 aromatic rings. The molecule has 0 spiro atoms. The molecule has 0 radical (unpaired) electrons. The zero-order chi connectivity index (χ0) is 20.1. The van der Waals surface area contributed by atoms with E-state index < -0.39 is 0 Å². The maximum absolute atomic E-state index is 12.6. The van der Waals surface area contributed by atoms with E-state index >= 15 is 0 Å². The minimum atomic E-state index is -0.220. The predicted molar refractivity (Wildman–Crippen MR) is 117 cm³/mol. The molecule has 1 amide bonds. The molecule has 1 aliphatic heterocycles. The van der Waals surface area contributed by atoms with Gasteiger partial charge in [-0.05, 0) is 62.7 Å². The number of aromatic nitrogens is 3. The average molecular weight is 428 g/mol. The van der Waals surface area contributed by atoms with Gasteiger partial charge in [-0.25, -0.2) is 4.68 Å². The van der Waals surface area contributed by atoms with Gasteiger partial charge in [0.15, 0.2) is 5.69 Å². The molecular formula is C22H26ClN5O2. The molecule has 2 aromatic carbocycles. The van der Waals surface area contributed by atoms with Crippen molar-refractivity contribution in [1.82, 2.24) is 25.6 Å². The quantitative estimate of drug-likeness (QED) is 0.623. The highest BCUT2D eigenvalue weighted by molar-refractivity contribution is 5.92. The summed E-state index contributed by atoms with van der Waals surface area (Å²) >= 11 is 0. The van der Waals surface area contributed by atoms with Crippen molar-refractivity contribution in [2.75, 3.05) is 13.1 Å². The van der Waals surface area contributed by atoms with Crippen molar-refractivity contribution in [3.8, 4) is 11.5 Å². The number of piperidine rings is 1. The first-order chi connectivity index (χ1) is 14.2. The smallest absolute Gasteiger partial charge is 0.273 e. The number of halogens is 1. The fourth-order valence-corrected chi connectivity index (χ4v) is 3.43. The van der Waals surface area contributed by atoms with E-state index in [1.54, 1.807) is 6.20 Å². The van der Waals surface area contributed by atoms with E-state index in [2.05, 4.69) is 20.9 Å². The second-order valence-corrected chi connectivity index (χ2v) is 7.24. The van der Waals surface area contributed by atoms with Crippen molar-refractivity contribution in [3.05, 3.63) is 72.1 Å². The van der Waals surface area contributed by atoms with E-state index in [1.165, 1.54) is 0 Å². The number of carbonyl (C=O) groups excluding carboxylic acids is 1. The fourth-order valence-electron chi connectivity index (χ4n) is 3.43. The van der Waals surface area contributed by atoms with Crippen molar-refractivity contribution in [1.29, 1.82) is 0 Å². The molecule has 4 rings (SSSR count). The molecule has 1 aliphatic rings. The van der Waals surface area contributed by atoms with E-state index in [9.17, 15) is 4.79 Å². The number of nitrogens with zero attached hydrogens (tertiary/aromatic N) is 3. The molecule has 0 saturated carbocycles. The Morgan fingerprint density at radius 3 is 2.47 bits per heavy atom. The first-order valence-electron chi connectivity index (χ1n) is 9.95. The van der Waals surface area contributed by atoms with E-state index in [4.69, 9.17) is 4.74 Å². The predicted octanol–water partition coefficient (Wildman–Crippen LogP) is 3.91. The van der Waals surface area contributed by atoms with Crippen LogP contribution in [0.3, 0.4) is 0 Å². The molecule has 0 aliphatic carbocycles. The van der Waals surface area contributed by atoms with Crippen LogP contribution in [0, 0.1) is 0 Å². The van der Waals surface area contributed by atoms with E-state index in [1.807, 2.05) is 66.2 Å². The lowest BCUT2D eigenvalue weighted by Gasteiger charge is -2.22. The van der Waals surface area contributed by atoms with E-state index in [0.29, 0.717) is 11.7 Å². The van der Waals surface area contributed by atoms with Gasteiger partial charge >= 0.3 is 0 Å². The Kier molecular flexibility index (Phi) is 7.43. The van der Waals surface area contributed by atoms with Gasteiger partial charge in [0.25, 0.3) is 5.91 Å². The first kappa shape index (κ1) is 21.8. The standard InChI is InChI=1S/C22H25N5O2.ClH/c1-16(17-7-9-20(10-8-17)29-19-5-3-2-4-6-19)24-22(28)21-15-27(26-25-21)18-11-13-23-14-12-18;/h2-10,15-16,18,23H,11-14H2,1H3,(H,24,28);1H. The van der Waals surface area contributed by atoms with Gasteiger partial charge in [0.2, 0.25) is 0 Å². The van der Waals surface area contributed by atoms with Gasteiger partial charge in [0, 0.05) is 0 Å². The Labute approximate surface area is 182 Å². The van der Waals surface area contributed by atoms with Crippen LogP contribution in [0.5, 0.6) is 11.5 Å². The average Bonchev–Trinajstić information content (AvgIpc) is 3.26. The highest BCUT2D eigenvalue weighted by atomic mass is 35.5. The lowest BCUT2D eigenvalue weighted by Crippen LogP contribution is -2.29. The summed E-state index contributed by atoms with van der Waals surface area (Å²) in [5.74, 6) is 1.32. The molecule has 2 N–H and O–H groups in total. The Morgan fingerprint density at radius 1 is 1.10 bits per heavy atom. The summed E-state index contributed by atoms with van der Waals surface area (Å²) in [6, 6.07) is 17.5. The SMILES string of the molecule is CC(NC(=O)c1cn(C2CCNCC2)nn1)c1ccc(Oc2ccccc2)cc1.Cl. The van der Waals surface area contributed by atoms with Gasteiger partial charge in [-0.1, -0.05) is 35.5 Å². The second kappa shape index (κ2) is 10.2. The summed E-state index contributed by atoms with van der Waals surface area (Å²) in [5.41, 5.74) is 1.34. The first-order valence-corrected chi connectivity index (χ1v) is 9.95. The molecule has 8 heteroatoms. The molecule has 0 bridgehead atoms. The molecule has 158 valence electrons. The van der Waals surface area contributed by atoms with Crippen LogP contribution in [0.15, 0.2) is 60.8 Å². The maximum atomic E-state index is 12.6. The lowest BCUT2D eigenvalue weighted by atomic mass is 10.1. The highest BCUT2D eigenvalue weighted by Crippen LogP contribution is 2.23. The van der Waals surface area contributed by atoms with Crippen LogP contribution >= 0.6 is 12.4 Å².